The van der Waals surface area contributed by atoms with Crippen molar-refractivity contribution in [3.05, 3.63) is 34.9 Å². The third kappa shape index (κ3) is 7.86. The van der Waals surface area contributed by atoms with Gasteiger partial charge in [0.2, 0.25) is 0 Å². The lowest BCUT2D eigenvalue weighted by Gasteiger charge is -2.42. The Balaban J connectivity index is 1.31. The second kappa shape index (κ2) is 14.4. The number of hydrogen-bond donors (Lipinski definition) is 2. The Kier molecular flexibility index (Phi) is 10.1. The van der Waals surface area contributed by atoms with Crippen LogP contribution in [0.25, 0.3) is 32.2 Å². The predicted octanol–water partition coefficient (Wildman–Crippen LogP) is 8.29. The molecule has 7 rings (SSSR count). The molecular formula is C37H42ClF2N7O7S. The van der Waals surface area contributed by atoms with Crippen molar-refractivity contribution in [1.29, 1.82) is 0 Å². The normalized spacial score (nSPS) is 20.0. The molecule has 2 bridgehead atoms. The molecule has 3 atom stereocenters. The molecule has 0 saturated carbocycles. The van der Waals surface area contributed by atoms with Crippen molar-refractivity contribution >= 4 is 73.3 Å². The van der Waals surface area contributed by atoms with Crippen LogP contribution in [0, 0.1) is 11.6 Å². The van der Waals surface area contributed by atoms with Crippen LogP contribution in [0.3, 0.4) is 0 Å². The number of carbonyl (C=O) groups is 3. The summed E-state index contributed by atoms with van der Waals surface area (Å²) in [4.78, 5) is 56.2. The summed E-state index contributed by atoms with van der Waals surface area (Å²) in [6.07, 6.45) is 0.439. The number of hydrogen-bond acceptors (Lipinski definition) is 11. The highest BCUT2D eigenvalue weighted by atomic mass is 35.5. The number of likely N-dealkylation sites (tertiary alicyclic amines) is 2. The number of ether oxygens (including phenoxy) is 3. The van der Waals surface area contributed by atoms with E-state index in [1.54, 1.807) is 31.7 Å². The number of anilines is 2. The second-order valence-corrected chi connectivity index (χ2v) is 17.4. The Hall–Kier alpha value is -4.77. The van der Waals surface area contributed by atoms with Gasteiger partial charge >= 0.3 is 24.3 Å². The predicted molar refractivity (Wildman–Crippen MR) is 203 cm³/mol. The van der Waals surface area contributed by atoms with Crippen LogP contribution in [0.5, 0.6) is 6.01 Å². The maximum atomic E-state index is 17.2. The van der Waals surface area contributed by atoms with Crippen LogP contribution < -0.4 is 15.0 Å². The molecule has 18 heteroatoms. The minimum atomic E-state index is -1.06. The molecule has 3 aliphatic heterocycles. The standard InChI is InChI=1S/C37H42ClF2N7O7S/c1-36(2,3)53-33(48)44-32-42-28-21(11-12-24(39)29(28)55-32)25-23(38)14-22-27(26(25)40)41-31(52-17-20-8-7-13-46(20)34(49)50)43-30(22)47-18-9-10-19(47)16-45(15-18)35(51)54-37(4,5)6/h11-12,14,18-20H,7-10,13,15-17H2,1-6H3,(H,49,50)(H,42,44,48). The SMILES string of the molecule is CC(C)(C)OC(=O)Nc1nc2c(-c3c(Cl)cc4c(N5C6CCC5CN(C(=O)OC(C)(C)C)C6)nc(OCC5CCCN5C(=O)O)nc4c3F)ccc(F)c2s1. The first-order chi connectivity index (χ1) is 25.9. The molecule has 14 nitrogen and oxygen atoms in total. The molecule has 3 saturated heterocycles. The zero-order valence-electron chi connectivity index (χ0n) is 31.2. The van der Waals surface area contributed by atoms with Crippen molar-refractivity contribution < 1.29 is 42.5 Å². The fraction of sp³-hybridized carbons (Fsp3) is 0.514. The smallest absolute Gasteiger partial charge is 0.413 e. The van der Waals surface area contributed by atoms with E-state index in [9.17, 15) is 19.5 Å². The third-order valence-corrected chi connectivity index (χ3v) is 10.9. The lowest BCUT2D eigenvalue weighted by Crippen LogP contribution is -2.56. The van der Waals surface area contributed by atoms with E-state index < -0.39 is 47.2 Å². The number of rotatable bonds is 6. The lowest BCUT2D eigenvalue weighted by molar-refractivity contribution is 0.0209. The van der Waals surface area contributed by atoms with Gasteiger partial charge in [0, 0.05) is 48.2 Å². The molecule has 2 aromatic carbocycles. The number of thiazole rings is 1. The molecule has 0 spiro atoms. The number of nitrogens with zero attached hydrogens (tertiary/aromatic N) is 6. The first kappa shape index (κ1) is 38.5. The molecule has 0 aliphatic carbocycles. The Labute approximate surface area is 324 Å². The van der Waals surface area contributed by atoms with Gasteiger partial charge in [-0.25, -0.2) is 28.1 Å². The van der Waals surface area contributed by atoms with Crippen LogP contribution >= 0.6 is 22.9 Å². The third-order valence-electron chi connectivity index (χ3n) is 9.62. The average molecular weight is 802 g/mol. The highest BCUT2D eigenvalue weighted by Crippen LogP contribution is 2.45. The number of nitrogens with one attached hydrogen (secondary N) is 1. The molecule has 5 heterocycles. The number of carbonyl (C=O) groups excluding carboxylic acids is 2. The van der Waals surface area contributed by atoms with Gasteiger partial charge in [-0.2, -0.15) is 9.97 Å². The van der Waals surface area contributed by atoms with Crippen LogP contribution in [-0.2, 0) is 9.47 Å². The molecule has 3 aliphatic rings. The van der Waals surface area contributed by atoms with Gasteiger partial charge in [-0.3, -0.25) is 5.32 Å². The summed E-state index contributed by atoms with van der Waals surface area (Å²) >= 11 is 7.78. The lowest BCUT2D eigenvalue weighted by atomic mass is 10.0. The summed E-state index contributed by atoms with van der Waals surface area (Å²) in [7, 11) is 0. The Bertz CT molecular complexity index is 2180. The Morgan fingerprint density at radius 1 is 0.982 bits per heavy atom. The topological polar surface area (TPSA) is 160 Å². The highest BCUT2D eigenvalue weighted by molar-refractivity contribution is 7.22. The number of aromatic nitrogens is 3. The summed E-state index contributed by atoms with van der Waals surface area (Å²) < 4.78 is 49.5. The van der Waals surface area contributed by atoms with E-state index in [0.717, 1.165) is 24.2 Å². The monoisotopic (exact) mass is 801 g/mol. The number of fused-ring (bicyclic) bond motifs is 4. The number of halogens is 3. The van der Waals surface area contributed by atoms with Gasteiger partial charge in [-0.05, 0) is 85.4 Å². The molecule has 4 aromatic rings. The zero-order valence-corrected chi connectivity index (χ0v) is 32.8. The number of amides is 3. The summed E-state index contributed by atoms with van der Waals surface area (Å²) in [5.41, 5.74) is -1.47. The Morgan fingerprint density at radius 3 is 2.33 bits per heavy atom. The van der Waals surface area contributed by atoms with Crippen molar-refractivity contribution in [3.8, 4) is 17.1 Å². The van der Waals surface area contributed by atoms with E-state index in [-0.39, 0.29) is 67.1 Å². The van der Waals surface area contributed by atoms with Gasteiger partial charge < -0.3 is 34.0 Å². The minimum Gasteiger partial charge on any atom is -0.465 e. The van der Waals surface area contributed by atoms with Gasteiger partial charge in [-0.1, -0.05) is 22.9 Å². The highest BCUT2D eigenvalue weighted by Gasteiger charge is 2.44. The van der Waals surface area contributed by atoms with Gasteiger partial charge in [-0.15, -0.1) is 0 Å². The van der Waals surface area contributed by atoms with E-state index in [2.05, 4.69) is 20.2 Å². The fourth-order valence-electron chi connectivity index (χ4n) is 7.45. The fourth-order valence-corrected chi connectivity index (χ4v) is 8.62. The first-order valence-electron chi connectivity index (χ1n) is 18.0. The maximum Gasteiger partial charge on any atom is 0.413 e. The van der Waals surface area contributed by atoms with Crippen molar-refractivity contribution in [1.82, 2.24) is 24.8 Å². The molecule has 2 aromatic heterocycles. The van der Waals surface area contributed by atoms with Gasteiger partial charge in [0.05, 0.1) is 21.3 Å². The summed E-state index contributed by atoms with van der Waals surface area (Å²) in [5, 5.41) is 12.5. The van der Waals surface area contributed by atoms with Crippen LogP contribution in [0.15, 0.2) is 18.2 Å². The van der Waals surface area contributed by atoms with Crippen molar-refractivity contribution in [2.45, 2.75) is 96.6 Å². The number of carboxylic acid groups (broad SMARTS) is 1. The molecular weight excluding hydrogens is 760 g/mol. The largest absolute Gasteiger partial charge is 0.465 e. The van der Waals surface area contributed by atoms with E-state index in [1.165, 1.54) is 17.0 Å². The van der Waals surface area contributed by atoms with E-state index in [1.807, 2.05) is 20.8 Å². The second-order valence-electron chi connectivity index (χ2n) is 16.0. The molecule has 294 valence electrons. The summed E-state index contributed by atoms with van der Waals surface area (Å²) in [5.74, 6) is -1.12. The zero-order chi connectivity index (χ0) is 39.6. The van der Waals surface area contributed by atoms with E-state index in [0.29, 0.717) is 38.3 Å². The molecule has 55 heavy (non-hydrogen) atoms. The van der Waals surface area contributed by atoms with Crippen molar-refractivity contribution in [3.63, 3.8) is 0 Å². The summed E-state index contributed by atoms with van der Waals surface area (Å²) in [6, 6.07) is 3.09. The van der Waals surface area contributed by atoms with Crippen molar-refractivity contribution in [2.24, 2.45) is 0 Å². The minimum absolute atomic E-state index is 0.0196. The maximum absolute atomic E-state index is 17.2. The molecule has 3 fully saturated rings. The quantitative estimate of drug-likeness (QED) is 0.193. The van der Waals surface area contributed by atoms with Crippen LogP contribution in [0.2, 0.25) is 5.02 Å². The van der Waals surface area contributed by atoms with Crippen molar-refractivity contribution in [2.75, 3.05) is 36.5 Å². The van der Waals surface area contributed by atoms with Gasteiger partial charge in [0.25, 0.3) is 0 Å². The average Bonchev–Trinajstić information content (AvgIpc) is 3.79. The van der Waals surface area contributed by atoms with Crippen LogP contribution in [0.1, 0.15) is 67.2 Å². The molecule has 3 unspecified atom stereocenters. The van der Waals surface area contributed by atoms with Gasteiger partial charge in [0.1, 0.15) is 35.0 Å². The molecule has 0 radical (unpaired) electrons. The van der Waals surface area contributed by atoms with Gasteiger partial charge in [0.15, 0.2) is 10.9 Å². The van der Waals surface area contributed by atoms with Crippen LogP contribution in [0.4, 0.5) is 34.1 Å². The Morgan fingerprint density at radius 2 is 1.67 bits per heavy atom. The molecule has 3 amide bonds. The first-order valence-corrected chi connectivity index (χ1v) is 19.2. The number of benzene rings is 2. The number of piperazine rings is 1. The van der Waals surface area contributed by atoms with Crippen LogP contribution in [-0.4, -0.2) is 104 Å². The van der Waals surface area contributed by atoms with E-state index in [4.69, 9.17) is 30.8 Å². The molecule has 2 N–H and O–H groups in total. The van der Waals surface area contributed by atoms with E-state index >= 15 is 8.78 Å². The summed E-state index contributed by atoms with van der Waals surface area (Å²) in [6.45, 7) is 11.5.